The van der Waals surface area contributed by atoms with Gasteiger partial charge in [0.2, 0.25) is 15.9 Å². The lowest BCUT2D eigenvalue weighted by atomic mass is 10.1. The largest absolute Gasteiger partial charge is 0.478 e. The van der Waals surface area contributed by atoms with Crippen molar-refractivity contribution in [2.45, 2.75) is 23.3 Å². The summed E-state index contributed by atoms with van der Waals surface area (Å²) >= 11 is 4.03. The number of hydrogen-bond acceptors (Lipinski definition) is 7. The Labute approximate surface area is 184 Å². The zero-order valence-electron chi connectivity index (χ0n) is 16.4. The van der Waals surface area contributed by atoms with Crippen molar-refractivity contribution in [3.8, 4) is 0 Å². The molecule has 0 aliphatic carbocycles. The molecule has 11 heteroatoms. The molecule has 0 saturated heterocycles. The van der Waals surface area contributed by atoms with Gasteiger partial charge in [0.25, 0.3) is 0 Å². The number of nitrogens with two attached hydrogens (primary N) is 1. The molecule has 0 aliphatic rings. The molecule has 1 amide bonds. The second-order valence-electron chi connectivity index (χ2n) is 6.25. The van der Waals surface area contributed by atoms with E-state index in [1.807, 2.05) is 30.3 Å². The van der Waals surface area contributed by atoms with Crippen LogP contribution in [0.2, 0.25) is 0 Å². The van der Waals surface area contributed by atoms with E-state index in [1.54, 1.807) is 6.07 Å². The molecule has 9 nitrogen and oxygen atoms in total. The minimum absolute atomic E-state index is 0.0359. The maximum absolute atomic E-state index is 11.4. The SMILES string of the molecule is CC(=O)Nc1ccccc1.NS(=O)(=O)c1cc(C(=O)O)c(NCc2ccoc2)cc1S. The van der Waals surface area contributed by atoms with E-state index in [1.165, 1.54) is 25.5 Å². The maximum atomic E-state index is 11.4. The number of aromatic carboxylic acids is 1. The number of thiol groups is 1. The third-order valence-electron chi connectivity index (χ3n) is 3.79. The van der Waals surface area contributed by atoms with Crippen molar-refractivity contribution in [1.29, 1.82) is 0 Å². The molecule has 3 rings (SSSR count). The van der Waals surface area contributed by atoms with Crippen molar-refractivity contribution in [3.05, 3.63) is 72.2 Å². The molecule has 0 aliphatic heterocycles. The Hall–Kier alpha value is -3.28. The number of furan rings is 1. The number of anilines is 2. The molecule has 0 unspecified atom stereocenters. The van der Waals surface area contributed by atoms with E-state index >= 15 is 0 Å². The average molecular weight is 464 g/mol. The van der Waals surface area contributed by atoms with Gasteiger partial charge in [0.15, 0.2) is 0 Å². The number of benzene rings is 2. The van der Waals surface area contributed by atoms with E-state index < -0.39 is 16.0 Å². The molecular weight excluding hydrogens is 442 g/mol. The minimum Gasteiger partial charge on any atom is -0.478 e. The Morgan fingerprint density at radius 3 is 2.35 bits per heavy atom. The molecule has 2 aromatic carbocycles. The summed E-state index contributed by atoms with van der Waals surface area (Å²) in [5.41, 5.74) is 1.68. The third-order valence-corrected chi connectivity index (χ3v) is 5.27. The molecule has 0 bridgehead atoms. The number of carboxylic acids is 1. The van der Waals surface area contributed by atoms with Gasteiger partial charge in [0.05, 0.1) is 28.7 Å². The number of carboxylic acid groups (broad SMARTS) is 1. The summed E-state index contributed by atoms with van der Waals surface area (Å²) in [6.45, 7) is 1.81. The first-order chi connectivity index (χ1) is 14.6. The number of carbonyl (C=O) groups is 2. The highest BCUT2D eigenvalue weighted by molar-refractivity contribution is 7.90. The lowest BCUT2D eigenvalue weighted by Gasteiger charge is -2.12. The van der Waals surface area contributed by atoms with E-state index in [0.29, 0.717) is 6.54 Å². The van der Waals surface area contributed by atoms with Crippen molar-refractivity contribution in [2.75, 3.05) is 10.6 Å². The molecular formula is C20H21N3O6S2. The van der Waals surface area contributed by atoms with Crippen molar-refractivity contribution < 1.29 is 27.5 Å². The van der Waals surface area contributed by atoms with E-state index in [4.69, 9.17) is 9.56 Å². The molecule has 164 valence electrons. The lowest BCUT2D eigenvalue weighted by molar-refractivity contribution is -0.114. The molecule has 0 saturated carbocycles. The van der Waals surface area contributed by atoms with E-state index in [0.717, 1.165) is 17.3 Å². The van der Waals surface area contributed by atoms with Gasteiger partial charge >= 0.3 is 5.97 Å². The van der Waals surface area contributed by atoms with Crippen molar-refractivity contribution in [2.24, 2.45) is 5.14 Å². The Kier molecular flexibility index (Phi) is 8.25. The van der Waals surface area contributed by atoms with Crippen LogP contribution in [-0.4, -0.2) is 25.4 Å². The summed E-state index contributed by atoms with van der Waals surface area (Å²) in [6, 6.07) is 13.4. The van der Waals surface area contributed by atoms with Gasteiger partial charge in [0, 0.05) is 29.6 Å². The van der Waals surface area contributed by atoms with Crippen LogP contribution in [0.25, 0.3) is 0 Å². The van der Waals surface area contributed by atoms with Crippen LogP contribution in [0.15, 0.2) is 75.3 Å². The number of amides is 1. The number of primary sulfonamides is 1. The first-order valence-corrected chi connectivity index (χ1v) is 10.8. The molecule has 5 N–H and O–H groups in total. The molecule has 0 radical (unpaired) electrons. The zero-order chi connectivity index (χ0) is 23.0. The van der Waals surface area contributed by atoms with E-state index in [-0.39, 0.29) is 26.9 Å². The first kappa shape index (κ1) is 24.0. The molecule has 1 heterocycles. The van der Waals surface area contributed by atoms with Gasteiger partial charge in [-0.25, -0.2) is 18.4 Å². The summed E-state index contributed by atoms with van der Waals surface area (Å²) in [6.07, 6.45) is 3.00. The predicted octanol–water partition coefficient (Wildman–Crippen LogP) is 3.17. The van der Waals surface area contributed by atoms with E-state index in [9.17, 15) is 23.1 Å². The van der Waals surface area contributed by atoms with Gasteiger partial charge in [-0.1, -0.05) is 18.2 Å². The molecule has 31 heavy (non-hydrogen) atoms. The molecule has 3 aromatic rings. The fourth-order valence-electron chi connectivity index (χ4n) is 2.43. The van der Waals surface area contributed by atoms with Crippen LogP contribution in [0.4, 0.5) is 11.4 Å². The zero-order valence-corrected chi connectivity index (χ0v) is 18.1. The number of rotatable bonds is 6. The second-order valence-corrected chi connectivity index (χ2v) is 8.26. The van der Waals surface area contributed by atoms with Crippen LogP contribution in [0.1, 0.15) is 22.8 Å². The number of nitrogens with one attached hydrogen (secondary N) is 2. The Morgan fingerprint density at radius 1 is 1.16 bits per heavy atom. The number of carbonyl (C=O) groups excluding carboxylic acids is 1. The molecule has 0 fully saturated rings. The van der Waals surface area contributed by atoms with Gasteiger partial charge in [-0.3, -0.25) is 4.79 Å². The fraction of sp³-hybridized carbons (Fsp3) is 0.100. The summed E-state index contributed by atoms with van der Waals surface area (Å²) in [5.74, 6) is -1.31. The van der Waals surface area contributed by atoms with Crippen molar-refractivity contribution in [3.63, 3.8) is 0 Å². The van der Waals surface area contributed by atoms with E-state index in [2.05, 4.69) is 23.3 Å². The predicted molar refractivity (Wildman–Crippen MR) is 119 cm³/mol. The Morgan fingerprint density at radius 2 is 1.84 bits per heavy atom. The van der Waals surface area contributed by atoms with Crippen molar-refractivity contribution in [1.82, 2.24) is 0 Å². The van der Waals surface area contributed by atoms with Crippen LogP contribution in [0.3, 0.4) is 0 Å². The molecule has 0 spiro atoms. The lowest BCUT2D eigenvalue weighted by Crippen LogP contribution is -2.15. The Bertz CT molecular complexity index is 1150. The van der Waals surface area contributed by atoms with Gasteiger partial charge in [0.1, 0.15) is 0 Å². The quantitative estimate of drug-likeness (QED) is 0.352. The summed E-state index contributed by atoms with van der Waals surface area (Å²) in [7, 11) is -4.05. The topological polar surface area (TPSA) is 152 Å². The smallest absolute Gasteiger partial charge is 0.337 e. The van der Waals surface area contributed by atoms with Gasteiger partial charge in [-0.05, 0) is 30.3 Å². The highest BCUT2D eigenvalue weighted by atomic mass is 32.2. The number of para-hydroxylation sites is 1. The van der Waals surface area contributed by atoms with Gasteiger partial charge < -0.3 is 20.2 Å². The third kappa shape index (κ3) is 7.48. The summed E-state index contributed by atoms with van der Waals surface area (Å²) < 4.78 is 27.7. The van der Waals surface area contributed by atoms with Crippen LogP contribution < -0.4 is 15.8 Å². The fourth-order valence-corrected chi connectivity index (χ4v) is 3.64. The maximum Gasteiger partial charge on any atom is 0.337 e. The monoisotopic (exact) mass is 463 g/mol. The van der Waals surface area contributed by atoms with Gasteiger partial charge in [-0.2, -0.15) is 0 Å². The van der Waals surface area contributed by atoms with Crippen LogP contribution in [0.5, 0.6) is 0 Å². The second kappa shape index (κ2) is 10.7. The number of sulfonamides is 1. The highest BCUT2D eigenvalue weighted by Crippen LogP contribution is 2.27. The van der Waals surface area contributed by atoms with Crippen LogP contribution in [0, 0.1) is 0 Å². The summed E-state index contributed by atoms with van der Waals surface area (Å²) in [5, 5.41) is 19.8. The van der Waals surface area contributed by atoms with Crippen LogP contribution in [-0.2, 0) is 21.4 Å². The number of hydrogen-bond donors (Lipinski definition) is 5. The molecule has 0 atom stereocenters. The van der Waals surface area contributed by atoms with Crippen molar-refractivity contribution >= 4 is 45.9 Å². The average Bonchev–Trinajstić information content (AvgIpc) is 3.19. The van der Waals surface area contributed by atoms with Crippen LogP contribution >= 0.6 is 12.6 Å². The minimum atomic E-state index is -4.05. The normalized spacial score (nSPS) is 10.5. The van der Waals surface area contributed by atoms with Gasteiger partial charge in [-0.15, -0.1) is 12.6 Å². The summed E-state index contributed by atoms with van der Waals surface area (Å²) in [4.78, 5) is 21.5. The Balaban J connectivity index is 0.000000285. The first-order valence-electron chi connectivity index (χ1n) is 8.78. The standard InChI is InChI=1S/C12H12N2O5S2.C8H9NO/c13-21(17,18)11-3-8(12(15)16)9(4-10(11)20)14-5-7-1-2-19-6-7;1-7(10)9-8-5-3-2-4-6-8/h1-4,6,14,20H,5H2,(H,15,16)(H2,13,17,18);2-6H,1H3,(H,9,10). The highest BCUT2D eigenvalue weighted by Gasteiger charge is 2.19. The molecule has 1 aromatic heterocycles.